The zero-order valence-electron chi connectivity index (χ0n) is 8.90. The Morgan fingerprint density at radius 1 is 1.00 bits per heavy atom. The topological polar surface area (TPSA) is 12.9 Å². The molecule has 1 heterocycles. The highest BCUT2D eigenvalue weighted by Crippen LogP contribution is 2.40. The van der Waals surface area contributed by atoms with Crippen LogP contribution in [0.15, 0.2) is 24.3 Å². The minimum Gasteiger partial charge on any atom is -0.248 e. The van der Waals surface area contributed by atoms with E-state index >= 15 is 0 Å². The minimum atomic E-state index is -4.47. The summed E-state index contributed by atoms with van der Waals surface area (Å²) in [5, 5.41) is 0.521. The summed E-state index contributed by atoms with van der Waals surface area (Å²) in [7, 11) is 0. The molecule has 0 saturated heterocycles. The van der Waals surface area contributed by atoms with Crippen LogP contribution in [0.4, 0.5) is 13.2 Å². The number of pyridine rings is 1. The highest BCUT2D eigenvalue weighted by atomic mass is 35.6. The standard InChI is InChI=1S/C11H4Cl4F3N/c12-7-4-9(10(13,14)15)19-8-3-5(11(16,17)18)1-2-6(7)8/h1-4H. The lowest BCUT2D eigenvalue weighted by molar-refractivity contribution is -0.137. The second-order valence-corrected chi connectivity index (χ2v) is 6.41. The lowest BCUT2D eigenvalue weighted by Gasteiger charge is -2.13. The summed E-state index contributed by atoms with van der Waals surface area (Å²) in [6.45, 7) is 0. The molecule has 1 nitrogen and oxygen atoms in total. The fourth-order valence-electron chi connectivity index (χ4n) is 1.51. The van der Waals surface area contributed by atoms with Crippen LogP contribution in [0.2, 0.25) is 5.02 Å². The van der Waals surface area contributed by atoms with Crippen LogP contribution in [0, 0.1) is 0 Å². The predicted molar refractivity (Wildman–Crippen MR) is 71.0 cm³/mol. The smallest absolute Gasteiger partial charge is 0.248 e. The molecular weight excluding hydrogens is 345 g/mol. The van der Waals surface area contributed by atoms with E-state index in [4.69, 9.17) is 46.4 Å². The van der Waals surface area contributed by atoms with Crippen molar-refractivity contribution in [1.29, 1.82) is 0 Å². The third-order valence-corrected chi connectivity index (χ3v) is 3.27. The maximum Gasteiger partial charge on any atom is 0.416 e. The Bertz CT molecular complexity index is 629. The van der Waals surface area contributed by atoms with Gasteiger partial charge in [-0.1, -0.05) is 52.5 Å². The average molecular weight is 349 g/mol. The van der Waals surface area contributed by atoms with E-state index in [1.807, 2.05) is 0 Å². The van der Waals surface area contributed by atoms with Gasteiger partial charge in [0, 0.05) is 5.39 Å². The first kappa shape index (κ1) is 15.0. The Kier molecular flexibility index (Phi) is 3.82. The third kappa shape index (κ3) is 3.19. The van der Waals surface area contributed by atoms with E-state index < -0.39 is 15.5 Å². The summed E-state index contributed by atoms with van der Waals surface area (Å²) in [4.78, 5) is 3.90. The second kappa shape index (κ2) is 4.85. The van der Waals surface area contributed by atoms with E-state index in [0.717, 1.165) is 12.1 Å². The van der Waals surface area contributed by atoms with Gasteiger partial charge in [-0.3, -0.25) is 0 Å². The minimum absolute atomic E-state index is 0.0173. The summed E-state index contributed by atoms with van der Waals surface area (Å²) in [6.07, 6.45) is -4.47. The normalized spacial score (nSPS) is 13.0. The van der Waals surface area contributed by atoms with Gasteiger partial charge in [0.2, 0.25) is 3.79 Å². The number of nitrogens with zero attached hydrogens (tertiary/aromatic N) is 1. The van der Waals surface area contributed by atoms with Crippen LogP contribution in [-0.2, 0) is 9.97 Å². The molecule has 0 fully saturated rings. The number of hydrogen-bond acceptors (Lipinski definition) is 1. The molecule has 0 unspecified atom stereocenters. The number of halogens is 7. The Balaban J connectivity index is 2.70. The largest absolute Gasteiger partial charge is 0.416 e. The van der Waals surface area contributed by atoms with Crippen molar-refractivity contribution in [3.8, 4) is 0 Å². The molecule has 19 heavy (non-hydrogen) atoms. The van der Waals surface area contributed by atoms with Gasteiger partial charge >= 0.3 is 6.18 Å². The molecule has 0 spiro atoms. The fraction of sp³-hybridized carbons (Fsp3) is 0.182. The summed E-state index contributed by atoms with van der Waals surface area (Å²) >= 11 is 22.9. The van der Waals surface area contributed by atoms with Crippen molar-refractivity contribution in [1.82, 2.24) is 4.98 Å². The Hall–Kier alpha value is -0.420. The molecule has 102 valence electrons. The molecule has 2 aromatic rings. The summed E-state index contributed by atoms with van der Waals surface area (Å²) in [5.41, 5.74) is -0.858. The maximum absolute atomic E-state index is 12.6. The monoisotopic (exact) mass is 347 g/mol. The average Bonchev–Trinajstić information content (AvgIpc) is 2.25. The third-order valence-electron chi connectivity index (χ3n) is 2.38. The molecule has 0 aliphatic carbocycles. The Morgan fingerprint density at radius 2 is 1.63 bits per heavy atom. The van der Waals surface area contributed by atoms with E-state index in [1.165, 1.54) is 12.1 Å². The number of benzene rings is 1. The van der Waals surface area contributed by atoms with Crippen molar-refractivity contribution < 1.29 is 13.2 Å². The summed E-state index contributed by atoms with van der Waals surface area (Å²) in [5.74, 6) is 0. The van der Waals surface area contributed by atoms with Crippen LogP contribution in [0.25, 0.3) is 10.9 Å². The van der Waals surface area contributed by atoms with Crippen LogP contribution < -0.4 is 0 Å². The zero-order chi connectivity index (χ0) is 14.4. The zero-order valence-corrected chi connectivity index (χ0v) is 11.9. The predicted octanol–water partition coefficient (Wildman–Crippen LogP) is 5.73. The van der Waals surface area contributed by atoms with E-state index in [9.17, 15) is 13.2 Å². The molecule has 0 amide bonds. The van der Waals surface area contributed by atoms with Gasteiger partial charge in [-0.2, -0.15) is 13.2 Å². The van der Waals surface area contributed by atoms with Gasteiger partial charge in [-0.25, -0.2) is 4.98 Å². The highest BCUT2D eigenvalue weighted by Gasteiger charge is 2.31. The van der Waals surface area contributed by atoms with Crippen molar-refractivity contribution in [3.63, 3.8) is 0 Å². The maximum atomic E-state index is 12.6. The highest BCUT2D eigenvalue weighted by molar-refractivity contribution is 6.66. The Labute approximate surface area is 126 Å². The van der Waals surface area contributed by atoms with E-state index in [-0.39, 0.29) is 16.2 Å². The molecule has 0 atom stereocenters. The number of rotatable bonds is 0. The van der Waals surface area contributed by atoms with Crippen LogP contribution in [-0.4, -0.2) is 4.98 Å². The van der Waals surface area contributed by atoms with Gasteiger partial charge in [0.05, 0.1) is 21.8 Å². The number of alkyl halides is 6. The molecule has 0 N–H and O–H groups in total. The lowest BCUT2D eigenvalue weighted by Crippen LogP contribution is -2.07. The van der Waals surface area contributed by atoms with Gasteiger partial charge in [-0.05, 0) is 18.2 Å². The molecule has 0 aliphatic rings. The molecule has 1 aromatic carbocycles. The lowest BCUT2D eigenvalue weighted by atomic mass is 10.1. The van der Waals surface area contributed by atoms with Crippen molar-refractivity contribution in [2.24, 2.45) is 0 Å². The van der Waals surface area contributed by atoms with Gasteiger partial charge in [0.15, 0.2) is 0 Å². The summed E-state index contributed by atoms with van der Waals surface area (Å²) in [6, 6.07) is 4.33. The number of aromatic nitrogens is 1. The summed E-state index contributed by atoms with van der Waals surface area (Å²) < 4.78 is 36.0. The fourth-order valence-corrected chi connectivity index (χ4v) is 2.06. The molecule has 0 radical (unpaired) electrons. The van der Waals surface area contributed by atoms with Crippen LogP contribution in [0.5, 0.6) is 0 Å². The Morgan fingerprint density at radius 3 is 2.16 bits per heavy atom. The molecule has 1 aromatic heterocycles. The molecule has 0 bridgehead atoms. The van der Waals surface area contributed by atoms with Gasteiger partial charge < -0.3 is 0 Å². The van der Waals surface area contributed by atoms with Crippen LogP contribution in [0.3, 0.4) is 0 Å². The van der Waals surface area contributed by atoms with Crippen LogP contribution in [0.1, 0.15) is 11.3 Å². The van der Waals surface area contributed by atoms with Crippen molar-refractivity contribution in [2.75, 3.05) is 0 Å². The van der Waals surface area contributed by atoms with E-state index in [2.05, 4.69) is 4.98 Å². The van der Waals surface area contributed by atoms with E-state index in [0.29, 0.717) is 5.39 Å². The van der Waals surface area contributed by atoms with Gasteiger partial charge in [-0.15, -0.1) is 0 Å². The molecule has 8 heteroatoms. The second-order valence-electron chi connectivity index (χ2n) is 3.72. The number of hydrogen-bond donors (Lipinski definition) is 0. The molecular formula is C11H4Cl4F3N. The first-order chi connectivity index (χ1) is 8.59. The van der Waals surface area contributed by atoms with Crippen molar-refractivity contribution in [3.05, 3.63) is 40.5 Å². The quantitative estimate of drug-likeness (QED) is 0.554. The molecule has 2 rings (SSSR count). The van der Waals surface area contributed by atoms with E-state index in [1.54, 1.807) is 0 Å². The van der Waals surface area contributed by atoms with Crippen molar-refractivity contribution in [2.45, 2.75) is 9.97 Å². The number of fused-ring (bicyclic) bond motifs is 1. The van der Waals surface area contributed by atoms with Crippen molar-refractivity contribution >= 4 is 57.3 Å². The van der Waals surface area contributed by atoms with Gasteiger partial charge in [0.1, 0.15) is 0 Å². The first-order valence-electron chi connectivity index (χ1n) is 4.84. The SMILES string of the molecule is FC(F)(F)c1ccc2c(Cl)cc(C(Cl)(Cl)Cl)nc2c1. The van der Waals surface area contributed by atoms with Gasteiger partial charge in [0.25, 0.3) is 0 Å². The first-order valence-corrected chi connectivity index (χ1v) is 6.35. The molecule has 0 saturated carbocycles. The molecule has 0 aliphatic heterocycles. The van der Waals surface area contributed by atoms with Crippen LogP contribution >= 0.6 is 46.4 Å².